The first-order chi connectivity index (χ1) is 9.34. The SMILES string of the molecule is O=C(C=Cc1cccnc1)NCCCc1ncn[nH]1. The average molecular weight is 257 g/mol. The topological polar surface area (TPSA) is 83.6 Å². The third-order valence-electron chi connectivity index (χ3n) is 2.47. The lowest BCUT2D eigenvalue weighted by molar-refractivity contribution is -0.116. The molecule has 2 N–H and O–H groups in total. The van der Waals surface area contributed by atoms with Crippen LogP contribution < -0.4 is 5.32 Å². The molecule has 0 bridgehead atoms. The van der Waals surface area contributed by atoms with Gasteiger partial charge in [0.2, 0.25) is 5.91 Å². The predicted octanol–water partition coefficient (Wildman–Crippen LogP) is 0.962. The molecule has 0 saturated heterocycles. The molecule has 0 aromatic carbocycles. The molecule has 0 aliphatic rings. The maximum Gasteiger partial charge on any atom is 0.244 e. The molecule has 0 saturated carbocycles. The fraction of sp³-hybridized carbons (Fsp3) is 0.231. The van der Waals surface area contributed by atoms with Crippen molar-refractivity contribution in [2.75, 3.05) is 6.54 Å². The third kappa shape index (κ3) is 4.71. The van der Waals surface area contributed by atoms with Gasteiger partial charge in [-0.05, 0) is 24.1 Å². The van der Waals surface area contributed by atoms with Crippen LogP contribution in [0.15, 0.2) is 36.9 Å². The van der Waals surface area contributed by atoms with Crippen molar-refractivity contribution >= 4 is 12.0 Å². The van der Waals surface area contributed by atoms with Gasteiger partial charge in [-0.15, -0.1) is 0 Å². The fourth-order valence-corrected chi connectivity index (χ4v) is 1.52. The number of aromatic amines is 1. The van der Waals surface area contributed by atoms with E-state index in [0.29, 0.717) is 6.54 Å². The molecule has 0 spiro atoms. The number of rotatable bonds is 6. The van der Waals surface area contributed by atoms with Crippen LogP contribution in [0.4, 0.5) is 0 Å². The van der Waals surface area contributed by atoms with Gasteiger partial charge in [-0.1, -0.05) is 6.07 Å². The number of aromatic nitrogens is 4. The molecular weight excluding hydrogens is 242 g/mol. The van der Waals surface area contributed by atoms with Gasteiger partial charge in [-0.25, -0.2) is 4.98 Å². The highest BCUT2D eigenvalue weighted by Crippen LogP contribution is 1.98. The largest absolute Gasteiger partial charge is 0.353 e. The number of H-pyrrole nitrogens is 1. The normalized spacial score (nSPS) is 10.7. The molecule has 98 valence electrons. The summed E-state index contributed by atoms with van der Waals surface area (Å²) in [5.74, 6) is 0.724. The summed E-state index contributed by atoms with van der Waals surface area (Å²) < 4.78 is 0. The van der Waals surface area contributed by atoms with Crippen molar-refractivity contribution in [3.63, 3.8) is 0 Å². The van der Waals surface area contributed by atoms with Crippen LogP contribution in [0.3, 0.4) is 0 Å². The molecule has 6 heteroatoms. The zero-order valence-electron chi connectivity index (χ0n) is 10.4. The van der Waals surface area contributed by atoms with E-state index in [0.717, 1.165) is 24.2 Å². The van der Waals surface area contributed by atoms with Crippen LogP contribution in [0, 0.1) is 0 Å². The summed E-state index contributed by atoms with van der Waals surface area (Å²) in [7, 11) is 0. The van der Waals surface area contributed by atoms with E-state index in [1.807, 2.05) is 12.1 Å². The van der Waals surface area contributed by atoms with Crippen molar-refractivity contribution in [2.45, 2.75) is 12.8 Å². The van der Waals surface area contributed by atoms with E-state index in [1.54, 1.807) is 18.5 Å². The maximum absolute atomic E-state index is 11.5. The Morgan fingerprint density at radius 1 is 1.47 bits per heavy atom. The quantitative estimate of drug-likeness (QED) is 0.596. The summed E-state index contributed by atoms with van der Waals surface area (Å²) >= 11 is 0. The number of hydrogen-bond donors (Lipinski definition) is 2. The molecule has 19 heavy (non-hydrogen) atoms. The average Bonchev–Trinajstić information content (AvgIpc) is 2.96. The summed E-state index contributed by atoms with van der Waals surface area (Å²) in [6.07, 6.45) is 9.71. The lowest BCUT2D eigenvalue weighted by Crippen LogP contribution is -2.22. The second kappa shape index (κ2) is 7.05. The molecule has 0 aliphatic heterocycles. The van der Waals surface area contributed by atoms with Gasteiger partial charge in [0.1, 0.15) is 12.2 Å². The summed E-state index contributed by atoms with van der Waals surface area (Å²) in [4.78, 5) is 19.5. The summed E-state index contributed by atoms with van der Waals surface area (Å²) in [6, 6.07) is 3.72. The molecule has 0 unspecified atom stereocenters. The lowest BCUT2D eigenvalue weighted by atomic mass is 10.2. The van der Waals surface area contributed by atoms with Crippen LogP contribution in [0.1, 0.15) is 17.8 Å². The third-order valence-corrected chi connectivity index (χ3v) is 2.47. The van der Waals surface area contributed by atoms with Crippen molar-refractivity contribution in [3.8, 4) is 0 Å². The van der Waals surface area contributed by atoms with E-state index in [4.69, 9.17) is 0 Å². The van der Waals surface area contributed by atoms with Gasteiger partial charge in [0.05, 0.1) is 0 Å². The lowest BCUT2D eigenvalue weighted by Gasteiger charge is -2.00. The Morgan fingerprint density at radius 2 is 2.42 bits per heavy atom. The molecule has 0 radical (unpaired) electrons. The Kier molecular flexibility index (Phi) is 4.80. The number of nitrogens with one attached hydrogen (secondary N) is 2. The number of aryl methyl sites for hydroxylation is 1. The first-order valence-electron chi connectivity index (χ1n) is 6.05. The van der Waals surface area contributed by atoms with Crippen molar-refractivity contribution < 1.29 is 4.79 Å². The highest BCUT2D eigenvalue weighted by Gasteiger charge is 1.97. The Balaban J connectivity index is 1.66. The second-order valence-corrected chi connectivity index (χ2v) is 3.95. The van der Waals surface area contributed by atoms with Crippen LogP contribution in [0.2, 0.25) is 0 Å². The molecule has 2 heterocycles. The summed E-state index contributed by atoms with van der Waals surface area (Å²) in [6.45, 7) is 0.608. The van der Waals surface area contributed by atoms with Crippen molar-refractivity contribution in [1.82, 2.24) is 25.5 Å². The molecule has 0 aliphatic carbocycles. The zero-order valence-corrected chi connectivity index (χ0v) is 10.4. The number of amides is 1. The first-order valence-corrected chi connectivity index (χ1v) is 6.05. The fourth-order valence-electron chi connectivity index (χ4n) is 1.52. The van der Waals surface area contributed by atoms with Crippen LogP contribution in [0.25, 0.3) is 6.08 Å². The predicted molar refractivity (Wildman–Crippen MR) is 71.0 cm³/mol. The summed E-state index contributed by atoms with van der Waals surface area (Å²) in [5, 5.41) is 9.34. The monoisotopic (exact) mass is 257 g/mol. The van der Waals surface area contributed by atoms with Gasteiger partial charge in [0.25, 0.3) is 0 Å². The van der Waals surface area contributed by atoms with Gasteiger partial charge in [-0.3, -0.25) is 14.9 Å². The molecule has 2 rings (SSSR count). The molecule has 0 fully saturated rings. The molecule has 2 aromatic rings. The van der Waals surface area contributed by atoms with E-state index in [-0.39, 0.29) is 5.91 Å². The van der Waals surface area contributed by atoms with Crippen molar-refractivity contribution in [3.05, 3.63) is 48.3 Å². The van der Waals surface area contributed by atoms with Crippen molar-refractivity contribution in [2.24, 2.45) is 0 Å². The standard InChI is InChI=1S/C13H15N5O/c19-13(6-5-11-3-1-7-14-9-11)15-8-2-4-12-16-10-17-18-12/h1,3,5-7,9-10H,2,4,8H2,(H,15,19)(H,16,17,18). The van der Waals surface area contributed by atoms with Crippen LogP contribution in [-0.2, 0) is 11.2 Å². The van der Waals surface area contributed by atoms with Crippen LogP contribution >= 0.6 is 0 Å². The first kappa shape index (κ1) is 12.9. The van der Waals surface area contributed by atoms with Crippen LogP contribution in [0.5, 0.6) is 0 Å². The minimum atomic E-state index is -0.110. The van der Waals surface area contributed by atoms with Gasteiger partial charge in [0, 0.05) is 31.4 Å². The number of hydrogen-bond acceptors (Lipinski definition) is 4. The number of nitrogens with zero attached hydrogens (tertiary/aromatic N) is 3. The smallest absolute Gasteiger partial charge is 0.244 e. The molecular formula is C13H15N5O. The molecule has 2 aromatic heterocycles. The highest BCUT2D eigenvalue weighted by atomic mass is 16.1. The highest BCUT2D eigenvalue weighted by molar-refractivity contribution is 5.91. The van der Waals surface area contributed by atoms with E-state index >= 15 is 0 Å². The Hall–Kier alpha value is -2.50. The van der Waals surface area contributed by atoms with Gasteiger partial charge in [-0.2, -0.15) is 5.10 Å². The second-order valence-electron chi connectivity index (χ2n) is 3.95. The van der Waals surface area contributed by atoms with Crippen molar-refractivity contribution in [1.29, 1.82) is 0 Å². The Morgan fingerprint density at radius 3 is 3.16 bits per heavy atom. The van der Waals surface area contributed by atoms with E-state index in [9.17, 15) is 4.79 Å². The van der Waals surface area contributed by atoms with E-state index in [1.165, 1.54) is 12.4 Å². The zero-order chi connectivity index (χ0) is 13.3. The minimum absolute atomic E-state index is 0.110. The Labute approximate surface area is 111 Å². The maximum atomic E-state index is 11.5. The van der Waals surface area contributed by atoms with Crippen LogP contribution in [-0.4, -0.2) is 32.6 Å². The molecule has 0 atom stereocenters. The summed E-state index contributed by atoms with van der Waals surface area (Å²) in [5.41, 5.74) is 0.902. The molecule has 6 nitrogen and oxygen atoms in total. The van der Waals surface area contributed by atoms with Gasteiger partial charge < -0.3 is 5.32 Å². The van der Waals surface area contributed by atoms with E-state index in [2.05, 4.69) is 25.5 Å². The number of carbonyl (C=O) groups excluding carboxylic acids is 1. The number of carbonyl (C=O) groups is 1. The minimum Gasteiger partial charge on any atom is -0.353 e. The van der Waals surface area contributed by atoms with Gasteiger partial charge in [0.15, 0.2) is 0 Å². The Bertz CT molecular complexity index is 521. The van der Waals surface area contributed by atoms with Gasteiger partial charge >= 0.3 is 0 Å². The number of pyridine rings is 1. The molecule has 1 amide bonds. The van der Waals surface area contributed by atoms with E-state index < -0.39 is 0 Å².